The van der Waals surface area contributed by atoms with E-state index in [2.05, 4.69) is 5.10 Å². The second-order valence-electron chi connectivity index (χ2n) is 4.11. The van der Waals surface area contributed by atoms with Crippen LogP contribution in [0.3, 0.4) is 0 Å². The fourth-order valence-electron chi connectivity index (χ4n) is 1.69. The molecule has 0 aliphatic rings. The minimum atomic E-state index is -3.39. The summed E-state index contributed by atoms with van der Waals surface area (Å²) < 4.78 is 27.9. The Hall–Kier alpha value is -1.18. The third-order valence-corrected chi connectivity index (χ3v) is 5.84. The Morgan fingerprint density at radius 2 is 2.22 bits per heavy atom. The van der Waals surface area contributed by atoms with Crippen LogP contribution in [0, 0.1) is 6.92 Å². The zero-order valence-electron chi connectivity index (χ0n) is 10.5. The van der Waals surface area contributed by atoms with Crippen LogP contribution in [0.25, 0.3) is 0 Å². The second-order valence-corrected chi connectivity index (χ2v) is 7.33. The fraction of sp³-hybridized carbons (Fsp3) is 0.364. The third kappa shape index (κ3) is 2.47. The lowest BCUT2D eigenvalue weighted by Gasteiger charge is -2.15. The van der Waals surface area contributed by atoms with E-state index in [1.165, 1.54) is 15.6 Å². The predicted octanol–water partition coefficient (Wildman–Crippen LogP) is 1.61. The molecule has 0 aromatic carbocycles. The summed E-state index contributed by atoms with van der Waals surface area (Å²) in [6.45, 7) is 2.21. The van der Waals surface area contributed by atoms with Gasteiger partial charge in [0.1, 0.15) is 4.21 Å². The van der Waals surface area contributed by atoms with Crippen LogP contribution in [0.1, 0.15) is 11.3 Å². The molecule has 0 saturated heterocycles. The molecule has 0 aliphatic carbocycles. The summed E-state index contributed by atoms with van der Waals surface area (Å²) in [6.07, 6.45) is 1.84. The first-order valence-corrected chi connectivity index (χ1v) is 7.72. The summed E-state index contributed by atoms with van der Waals surface area (Å²) in [6, 6.07) is 3.35. The van der Waals surface area contributed by atoms with E-state index < -0.39 is 10.0 Å². The molecular weight excluding hydrogens is 270 g/mol. The van der Waals surface area contributed by atoms with Crippen molar-refractivity contribution in [1.29, 1.82) is 0 Å². The minimum absolute atomic E-state index is 0.333. The van der Waals surface area contributed by atoms with Gasteiger partial charge in [0, 0.05) is 32.4 Å². The van der Waals surface area contributed by atoms with Crippen LogP contribution in [0.5, 0.6) is 0 Å². The highest BCUT2D eigenvalue weighted by Crippen LogP contribution is 2.21. The Morgan fingerprint density at radius 1 is 1.50 bits per heavy atom. The van der Waals surface area contributed by atoms with Gasteiger partial charge < -0.3 is 0 Å². The molecule has 2 aromatic heterocycles. The summed E-state index contributed by atoms with van der Waals surface area (Å²) in [7, 11) is 0.0220. The number of hydrogen-bond acceptors (Lipinski definition) is 4. The van der Waals surface area contributed by atoms with Crippen molar-refractivity contribution in [2.24, 2.45) is 7.05 Å². The van der Waals surface area contributed by atoms with Crippen molar-refractivity contribution >= 4 is 21.4 Å². The van der Waals surface area contributed by atoms with Crippen LogP contribution < -0.4 is 0 Å². The van der Waals surface area contributed by atoms with E-state index in [0.717, 1.165) is 11.3 Å². The topological polar surface area (TPSA) is 55.2 Å². The maximum Gasteiger partial charge on any atom is 0.252 e. The molecule has 0 fully saturated rings. The molecule has 5 nitrogen and oxygen atoms in total. The molecule has 0 atom stereocenters. The molecule has 2 rings (SSSR count). The van der Waals surface area contributed by atoms with Gasteiger partial charge in [-0.25, -0.2) is 8.42 Å². The lowest BCUT2D eigenvalue weighted by atomic mass is 10.3. The Balaban J connectivity index is 2.23. The van der Waals surface area contributed by atoms with Gasteiger partial charge >= 0.3 is 0 Å². The average molecular weight is 285 g/mol. The van der Waals surface area contributed by atoms with Gasteiger partial charge in [-0.2, -0.15) is 9.40 Å². The Labute approximate surface area is 111 Å². The van der Waals surface area contributed by atoms with E-state index in [-0.39, 0.29) is 0 Å². The molecule has 0 N–H and O–H groups in total. The van der Waals surface area contributed by atoms with Crippen molar-refractivity contribution in [2.45, 2.75) is 17.7 Å². The lowest BCUT2D eigenvalue weighted by Crippen LogP contribution is -2.25. The Morgan fingerprint density at radius 3 is 2.72 bits per heavy atom. The molecule has 2 aromatic rings. The van der Waals surface area contributed by atoms with Crippen LogP contribution in [0.2, 0.25) is 0 Å². The molecule has 0 aliphatic heterocycles. The zero-order chi connectivity index (χ0) is 13.3. The van der Waals surface area contributed by atoms with E-state index in [1.54, 1.807) is 29.2 Å². The normalized spacial score (nSPS) is 12.2. The predicted molar refractivity (Wildman–Crippen MR) is 70.9 cm³/mol. The molecule has 0 saturated carbocycles. The summed E-state index contributed by atoms with van der Waals surface area (Å²) in [5.41, 5.74) is 1.77. The van der Waals surface area contributed by atoms with Crippen molar-refractivity contribution in [2.75, 3.05) is 7.05 Å². The van der Waals surface area contributed by atoms with Gasteiger partial charge in [0.15, 0.2) is 0 Å². The number of sulfonamides is 1. The van der Waals surface area contributed by atoms with Gasteiger partial charge in [0.25, 0.3) is 10.0 Å². The van der Waals surface area contributed by atoms with Crippen molar-refractivity contribution in [1.82, 2.24) is 14.1 Å². The van der Waals surface area contributed by atoms with E-state index >= 15 is 0 Å². The second kappa shape index (κ2) is 4.83. The number of thiophene rings is 1. The average Bonchev–Trinajstić information content (AvgIpc) is 2.89. The number of aromatic nitrogens is 2. The van der Waals surface area contributed by atoms with Crippen LogP contribution in [0.4, 0.5) is 0 Å². The third-order valence-electron chi connectivity index (χ3n) is 2.67. The van der Waals surface area contributed by atoms with Gasteiger partial charge in [-0.1, -0.05) is 6.07 Å². The first-order valence-electron chi connectivity index (χ1n) is 5.40. The molecular formula is C11H15N3O2S2. The highest BCUT2D eigenvalue weighted by Gasteiger charge is 2.22. The van der Waals surface area contributed by atoms with Crippen molar-refractivity contribution < 1.29 is 8.42 Å². The van der Waals surface area contributed by atoms with Gasteiger partial charge in [-0.3, -0.25) is 4.68 Å². The van der Waals surface area contributed by atoms with E-state index in [9.17, 15) is 8.42 Å². The van der Waals surface area contributed by atoms with Crippen molar-refractivity contribution in [3.63, 3.8) is 0 Å². The molecule has 0 bridgehead atoms. The Kier molecular flexibility index (Phi) is 3.56. The Bertz CT molecular complexity index is 629. The molecule has 0 amide bonds. The smallest absolute Gasteiger partial charge is 0.252 e. The van der Waals surface area contributed by atoms with Crippen LogP contribution >= 0.6 is 11.3 Å². The molecule has 0 spiro atoms. The fourth-order valence-corrected chi connectivity index (χ4v) is 4.04. The van der Waals surface area contributed by atoms with Crippen LogP contribution in [-0.4, -0.2) is 29.6 Å². The van der Waals surface area contributed by atoms with Gasteiger partial charge in [0.05, 0.1) is 5.69 Å². The number of aryl methyl sites for hydroxylation is 2. The van der Waals surface area contributed by atoms with Gasteiger partial charge in [-0.15, -0.1) is 11.3 Å². The quantitative estimate of drug-likeness (QED) is 0.857. The van der Waals surface area contributed by atoms with E-state index in [0.29, 0.717) is 10.8 Å². The van der Waals surface area contributed by atoms with E-state index in [4.69, 9.17) is 0 Å². The summed E-state index contributed by atoms with van der Waals surface area (Å²) in [4.78, 5) is 0. The largest absolute Gasteiger partial charge is 0.275 e. The first-order chi connectivity index (χ1) is 8.41. The molecule has 98 valence electrons. The number of hydrogen-bond donors (Lipinski definition) is 0. The SMILES string of the molecule is Cc1nn(C)cc1CN(C)S(=O)(=O)c1cccs1. The minimum Gasteiger partial charge on any atom is -0.275 e. The molecule has 2 heterocycles. The highest BCUT2D eigenvalue weighted by molar-refractivity contribution is 7.91. The summed E-state index contributed by atoms with van der Waals surface area (Å²) in [5, 5.41) is 5.97. The molecule has 0 unspecified atom stereocenters. The maximum atomic E-state index is 12.2. The lowest BCUT2D eigenvalue weighted by molar-refractivity contribution is 0.467. The standard InChI is InChI=1S/C11H15N3O2S2/c1-9-10(7-13(2)12-9)8-14(3)18(15,16)11-5-4-6-17-11/h4-7H,8H2,1-3H3. The number of rotatable bonds is 4. The van der Waals surface area contributed by atoms with Gasteiger partial charge in [-0.05, 0) is 18.4 Å². The first kappa shape index (κ1) is 13.3. The summed E-state index contributed by atoms with van der Waals surface area (Å²) in [5.74, 6) is 0. The maximum absolute atomic E-state index is 12.2. The van der Waals surface area contributed by atoms with Crippen LogP contribution in [0.15, 0.2) is 27.9 Å². The van der Waals surface area contributed by atoms with Crippen LogP contribution in [-0.2, 0) is 23.6 Å². The van der Waals surface area contributed by atoms with E-state index in [1.807, 2.05) is 20.2 Å². The number of nitrogens with zero attached hydrogens (tertiary/aromatic N) is 3. The highest BCUT2D eigenvalue weighted by atomic mass is 32.2. The summed E-state index contributed by atoms with van der Waals surface area (Å²) >= 11 is 1.23. The molecule has 0 radical (unpaired) electrons. The zero-order valence-corrected chi connectivity index (χ0v) is 12.1. The molecule has 7 heteroatoms. The van der Waals surface area contributed by atoms with Crippen molar-refractivity contribution in [3.8, 4) is 0 Å². The van der Waals surface area contributed by atoms with Crippen molar-refractivity contribution in [3.05, 3.63) is 35.0 Å². The monoisotopic (exact) mass is 285 g/mol. The van der Waals surface area contributed by atoms with Gasteiger partial charge in [0.2, 0.25) is 0 Å². The molecule has 18 heavy (non-hydrogen) atoms.